The minimum Gasteiger partial charge on any atom is -0.479 e. The van der Waals surface area contributed by atoms with E-state index in [1.54, 1.807) is 37.5 Å². The van der Waals surface area contributed by atoms with Crippen molar-refractivity contribution in [2.24, 2.45) is 7.05 Å². The number of hydrogen-bond donors (Lipinski definition) is 1. The number of pyridine rings is 2. The van der Waals surface area contributed by atoms with Gasteiger partial charge in [0.25, 0.3) is 5.91 Å². The van der Waals surface area contributed by atoms with Gasteiger partial charge in [-0.25, -0.2) is 9.67 Å². The Morgan fingerprint density at radius 2 is 2.12 bits per heavy atom. The van der Waals surface area contributed by atoms with Crippen molar-refractivity contribution in [1.82, 2.24) is 25.0 Å². The third-order valence-electron chi connectivity index (χ3n) is 3.22. The summed E-state index contributed by atoms with van der Waals surface area (Å²) >= 11 is 3.26. The van der Waals surface area contributed by atoms with E-state index in [2.05, 4.69) is 41.5 Å². The number of ether oxygens (including phenoxy) is 1. The Balaban J connectivity index is 1.96. The fourth-order valence-electron chi connectivity index (χ4n) is 2.14. The van der Waals surface area contributed by atoms with E-state index in [1.807, 2.05) is 6.07 Å². The molecule has 0 bridgehead atoms. The monoisotopic (exact) mass is 388 g/mol. The molecule has 0 unspecified atom stereocenters. The Morgan fingerprint density at radius 3 is 2.83 bits per heavy atom. The summed E-state index contributed by atoms with van der Waals surface area (Å²) < 4.78 is 7.19. The van der Waals surface area contributed by atoms with E-state index < -0.39 is 0 Å². The van der Waals surface area contributed by atoms with Crippen molar-refractivity contribution in [3.05, 3.63) is 46.8 Å². The van der Waals surface area contributed by atoms with Gasteiger partial charge in [0.1, 0.15) is 16.0 Å². The molecular formula is C15H13BrN6O2. The van der Waals surface area contributed by atoms with Crippen molar-refractivity contribution < 1.29 is 9.53 Å². The van der Waals surface area contributed by atoms with Gasteiger partial charge < -0.3 is 10.1 Å². The van der Waals surface area contributed by atoms with Crippen LogP contribution in [0.5, 0.6) is 5.88 Å². The van der Waals surface area contributed by atoms with Crippen LogP contribution in [0.1, 0.15) is 10.5 Å². The third kappa shape index (κ3) is 3.11. The molecular weight excluding hydrogens is 376 g/mol. The average Bonchev–Trinajstić information content (AvgIpc) is 2.99. The summed E-state index contributed by atoms with van der Waals surface area (Å²) in [5.74, 6) is -0.0854. The number of nitrogens with zero attached hydrogens (tertiary/aromatic N) is 5. The van der Waals surface area contributed by atoms with Crippen molar-refractivity contribution in [3.8, 4) is 17.3 Å². The van der Waals surface area contributed by atoms with Gasteiger partial charge in [0.2, 0.25) is 5.88 Å². The highest BCUT2D eigenvalue weighted by molar-refractivity contribution is 9.10. The van der Waals surface area contributed by atoms with Gasteiger partial charge in [-0.15, -0.1) is 5.10 Å². The van der Waals surface area contributed by atoms with Crippen molar-refractivity contribution in [3.63, 3.8) is 0 Å². The highest BCUT2D eigenvalue weighted by atomic mass is 79.9. The van der Waals surface area contributed by atoms with E-state index >= 15 is 0 Å². The molecule has 3 aromatic rings. The molecule has 0 radical (unpaired) electrons. The second-order valence-corrected chi connectivity index (χ2v) is 5.58. The molecule has 0 aliphatic rings. The molecule has 0 spiro atoms. The predicted octanol–water partition coefficient (Wildman–Crippen LogP) is 2.30. The molecule has 1 N–H and O–H groups in total. The molecule has 122 valence electrons. The highest BCUT2D eigenvalue weighted by Gasteiger charge is 2.22. The summed E-state index contributed by atoms with van der Waals surface area (Å²) in [5.41, 5.74) is 1.70. The molecule has 3 rings (SSSR count). The number of anilines is 1. The number of carbonyl (C=O) groups is 1. The van der Waals surface area contributed by atoms with Crippen LogP contribution in [0.4, 0.5) is 5.69 Å². The standard InChI is InChI=1S/C15H13BrN6O2/c1-22-13(12(20-21-22)9-5-3-4-8-17-9)14(23)18-10-6-7-11(16)19-15(10)24-2/h3-8H,1-2H3,(H,18,23). The molecule has 0 aliphatic carbocycles. The first-order valence-electron chi connectivity index (χ1n) is 6.93. The van der Waals surface area contributed by atoms with Crippen molar-refractivity contribution in [2.75, 3.05) is 12.4 Å². The number of halogens is 1. The molecule has 3 aromatic heterocycles. The van der Waals surface area contributed by atoms with Crippen LogP contribution < -0.4 is 10.1 Å². The third-order valence-corrected chi connectivity index (χ3v) is 3.66. The summed E-state index contributed by atoms with van der Waals surface area (Å²) in [6.45, 7) is 0. The molecule has 0 atom stereocenters. The Bertz CT molecular complexity index is 881. The van der Waals surface area contributed by atoms with E-state index in [4.69, 9.17) is 4.74 Å². The van der Waals surface area contributed by atoms with Crippen molar-refractivity contribution in [2.45, 2.75) is 0 Å². The lowest BCUT2D eigenvalue weighted by Crippen LogP contribution is -2.18. The smallest absolute Gasteiger partial charge is 0.276 e. The largest absolute Gasteiger partial charge is 0.479 e. The molecule has 24 heavy (non-hydrogen) atoms. The fraction of sp³-hybridized carbons (Fsp3) is 0.133. The zero-order valence-electron chi connectivity index (χ0n) is 12.9. The van der Waals surface area contributed by atoms with Gasteiger partial charge in [0, 0.05) is 13.2 Å². The molecule has 0 aliphatic heterocycles. The Kier molecular flexibility index (Phi) is 4.52. The van der Waals surface area contributed by atoms with E-state index in [-0.39, 0.29) is 5.91 Å². The van der Waals surface area contributed by atoms with Gasteiger partial charge in [-0.1, -0.05) is 11.3 Å². The number of aromatic nitrogens is 5. The maximum atomic E-state index is 12.7. The predicted molar refractivity (Wildman–Crippen MR) is 90.7 cm³/mol. The van der Waals surface area contributed by atoms with Gasteiger partial charge in [-0.3, -0.25) is 9.78 Å². The molecule has 0 fully saturated rings. The zero-order chi connectivity index (χ0) is 17.1. The number of aryl methyl sites for hydroxylation is 1. The summed E-state index contributed by atoms with van der Waals surface area (Å²) in [5, 5.41) is 10.7. The zero-order valence-corrected chi connectivity index (χ0v) is 14.5. The van der Waals surface area contributed by atoms with Gasteiger partial charge >= 0.3 is 0 Å². The van der Waals surface area contributed by atoms with Crippen molar-refractivity contribution in [1.29, 1.82) is 0 Å². The molecule has 0 aromatic carbocycles. The Morgan fingerprint density at radius 1 is 1.29 bits per heavy atom. The van der Waals surface area contributed by atoms with Crippen LogP contribution in [0, 0.1) is 0 Å². The second-order valence-electron chi connectivity index (χ2n) is 4.77. The number of rotatable bonds is 4. The normalized spacial score (nSPS) is 10.5. The second kappa shape index (κ2) is 6.75. The van der Waals surface area contributed by atoms with Crippen LogP contribution in [-0.2, 0) is 7.05 Å². The highest BCUT2D eigenvalue weighted by Crippen LogP contribution is 2.26. The minimum absolute atomic E-state index is 0.290. The molecule has 0 saturated heterocycles. The summed E-state index contributed by atoms with van der Waals surface area (Å²) in [6, 6.07) is 8.78. The van der Waals surface area contributed by atoms with Gasteiger partial charge in [-0.2, -0.15) is 0 Å². The number of hydrogen-bond acceptors (Lipinski definition) is 6. The van der Waals surface area contributed by atoms with Crippen LogP contribution in [0.15, 0.2) is 41.1 Å². The minimum atomic E-state index is -0.384. The molecule has 3 heterocycles. The number of methoxy groups -OCH3 is 1. The van der Waals surface area contributed by atoms with Gasteiger partial charge in [-0.05, 0) is 40.2 Å². The molecule has 8 nitrogen and oxygen atoms in total. The maximum absolute atomic E-state index is 12.7. The van der Waals surface area contributed by atoms with E-state index in [0.717, 1.165) is 0 Å². The van der Waals surface area contributed by atoms with Crippen molar-refractivity contribution >= 4 is 27.5 Å². The fourth-order valence-corrected chi connectivity index (χ4v) is 2.43. The van der Waals surface area contributed by atoms with Crippen LogP contribution >= 0.6 is 15.9 Å². The lowest BCUT2D eigenvalue weighted by Gasteiger charge is -2.10. The van der Waals surface area contributed by atoms with E-state index in [0.29, 0.717) is 33.3 Å². The first-order valence-corrected chi connectivity index (χ1v) is 7.72. The Labute approximate surface area is 146 Å². The van der Waals surface area contributed by atoms with Crippen LogP contribution in [0.2, 0.25) is 0 Å². The lowest BCUT2D eigenvalue weighted by atomic mass is 10.2. The van der Waals surface area contributed by atoms with E-state index in [9.17, 15) is 4.79 Å². The quantitative estimate of drug-likeness (QED) is 0.688. The van der Waals surface area contributed by atoms with Gasteiger partial charge in [0.15, 0.2) is 5.69 Å². The number of carbonyl (C=O) groups excluding carboxylic acids is 1. The van der Waals surface area contributed by atoms with Crippen LogP contribution in [-0.4, -0.2) is 38.0 Å². The van der Waals surface area contributed by atoms with Crippen LogP contribution in [0.3, 0.4) is 0 Å². The summed E-state index contributed by atoms with van der Waals surface area (Å²) in [4.78, 5) is 21.1. The van der Waals surface area contributed by atoms with Crippen LogP contribution in [0.25, 0.3) is 11.4 Å². The maximum Gasteiger partial charge on any atom is 0.276 e. The molecule has 9 heteroatoms. The van der Waals surface area contributed by atoms with Gasteiger partial charge in [0.05, 0.1) is 12.8 Å². The summed E-state index contributed by atoms with van der Waals surface area (Å²) in [6.07, 6.45) is 1.63. The molecule has 0 saturated carbocycles. The molecule has 1 amide bonds. The SMILES string of the molecule is COc1nc(Br)ccc1NC(=O)c1c(-c2ccccn2)nnn1C. The number of amides is 1. The Hall–Kier alpha value is -2.81. The summed E-state index contributed by atoms with van der Waals surface area (Å²) in [7, 11) is 3.13. The lowest BCUT2D eigenvalue weighted by molar-refractivity contribution is 0.101. The first-order chi connectivity index (χ1) is 11.6. The van der Waals surface area contributed by atoms with E-state index in [1.165, 1.54) is 11.8 Å². The topological polar surface area (TPSA) is 94.8 Å². The average molecular weight is 389 g/mol. The number of nitrogens with one attached hydrogen (secondary N) is 1. The first kappa shape index (κ1) is 16.1.